The number of fused-ring (bicyclic) bond motifs is 1. The molecule has 4 rings (SSSR count). The van der Waals surface area contributed by atoms with Crippen LogP contribution >= 0.6 is 0 Å². The summed E-state index contributed by atoms with van der Waals surface area (Å²) in [5.74, 6) is -1.45. The molecule has 1 saturated heterocycles. The molecule has 0 spiro atoms. The largest absolute Gasteiger partial charge is 0.405 e. The molecule has 1 atom stereocenters. The maximum Gasteiger partial charge on any atom is 0.405 e. The van der Waals surface area contributed by atoms with E-state index < -0.39 is 30.5 Å². The second kappa shape index (κ2) is 7.30. The van der Waals surface area contributed by atoms with Crippen LogP contribution < -0.4 is 10.2 Å². The highest BCUT2D eigenvalue weighted by Crippen LogP contribution is 2.30. The van der Waals surface area contributed by atoms with E-state index in [4.69, 9.17) is 0 Å². The third-order valence-corrected chi connectivity index (χ3v) is 4.71. The van der Waals surface area contributed by atoms with Crippen LogP contribution in [-0.2, 0) is 4.79 Å². The lowest BCUT2D eigenvalue weighted by molar-refractivity contribution is -0.139. The number of anilines is 1. The summed E-state index contributed by atoms with van der Waals surface area (Å²) in [5.41, 5.74) is 1.22. The Morgan fingerprint density at radius 3 is 2.97 bits per heavy atom. The second-order valence-electron chi connectivity index (χ2n) is 6.65. The van der Waals surface area contributed by atoms with Crippen LogP contribution in [0.3, 0.4) is 0 Å². The summed E-state index contributed by atoms with van der Waals surface area (Å²) in [4.78, 5) is 29.1. The Labute approximate surface area is 162 Å². The number of nitrogens with one attached hydrogen (secondary N) is 2. The van der Waals surface area contributed by atoms with Gasteiger partial charge in [0.25, 0.3) is 0 Å². The van der Waals surface area contributed by atoms with Crippen molar-refractivity contribution >= 4 is 22.8 Å². The highest BCUT2D eigenvalue weighted by atomic mass is 19.4. The number of hydrogen-bond acceptors (Lipinski definition) is 5. The van der Waals surface area contributed by atoms with Gasteiger partial charge in [0.1, 0.15) is 18.2 Å². The number of carbonyl (C=O) groups excluding carboxylic acids is 1. The lowest BCUT2D eigenvalue weighted by Gasteiger charge is -2.25. The summed E-state index contributed by atoms with van der Waals surface area (Å²) >= 11 is 0. The van der Waals surface area contributed by atoms with Gasteiger partial charge >= 0.3 is 6.18 Å². The molecule has 0 saturated carbocycles. The van der Waals surface area contributed by atoms with Crippen molar-refractivity contribution < 1.29 is 22.4 Å². The number of alkyl halides is 3. The fourth-order valence-electron chi connectivity index (χ4n) is 3.43. The van der Waals surface area contributed by atoms with Crippen molar-refractivity contribution in [2.24, 2.45) is 0 Å². The zero-order valence-corrected chi connectivity index (χ0v) is 15.0. The molecule has 29 heavy (non-hydrogen) atoms. The third kappa shape index (κ3) is 3.84. The highest BCUT2D eigenvalue weighted by Gasteiger charge is 2.36. The Hall–Kier alpha value is -3.24. The zero-order valence-electron chi connectivity index (χ0n) is 15.0. The first-order chi connectivity index (χ1) is 13.8. The Kier molecular flexibility index (Phi) is 4.81. The molecule has 3 aromatic heterocycles. The molecule has 0 unspecified atom stereocenters. The standard InChI is InChI=1S/C18H16F4N6O/c19-12-8-25-15(11-7-24-14-10(11)3-1-5-23-14)27-16(12)28-6-2-4-13(28)17(29)26-9-18(20,21)22/h1,3,5,7-8,13H,2,4,6,9H2,(H,23,24)(H,26,29)/t13-/m0/s1. The topological polar surface area (TPSA) is 86.8 Å². The first-order valence-electron chi connectivity index (χ1n) is 8.89. The molecule has 0 bridgehead atoms. The SMILES string of the molecule is O=C(NCC(F)(F)F)[C@@H]1CCCN1c1nc(-c2c[nH]c3ncccc23)ncc1F. The lowest BCUT2D eigenvalue weighted by Crippen LogP contribution is -2.46. The van der Waals surface area contributed by atoms with Gasteiger partial charge in [0, 0.05) is 29.9 Å². The Morgan fingerprint density at radius 2 is 2.17 bits per heavy atom. The Morgan fingerprint density at radius 1 is 1.34 bits per heavy atom. The average molecular weight is 408 g/mol. The van der Waals surface area contributed by atoms with Crippen LogP contribution in [0.25, 0.3) is 22.4 Å². The summed E-state index contributed by atoms with van der Waals surface area (Å²) in [5, 5.41) is 2.61. The van der Waals surface area contributed by atoms with E-state index in [1.807, 2.05) is 11.4 Å². The number of H-pyrrole nitrogens is 1. The summed E-state index contributed by atoms with van der Waals surface area (Å²) in [6.07, 6.45) is 0.575. The number of halogens is 4. The van der Waals surface area contributed by atoms with Gasteiger partial charge in [0.2, 0.25) is 5.91 Å². The number of aromatic amines is 1. The van der Waals surface area contributed by atoms with E-state index in [1.165, 1.54) is 4.90 Å². The lowest BCUT2D eigenvalue weighted by atomic mass is 10.2. The zero-order chi connectivity index (χ0) is 20.6. The molecular formula is C18H16F4N6O. The van der Waals surface area contributed by atoms with E-state index in [-0.39, 0.29) is 11.6 Å². The molecule has 3 aromatic rings. The van der Waals surface area contributed by atoms with Crippen molar-refractivity contribution in [3.63, 3.8) is 0 Å². The van der Waals surface area contributed by atoms with Crippen LogP contribution in [0.5, 0.6) is 0 Å². The molecule has 0 radical (unpaired) electrons. The number of carbonyl (C=O) groups is 1. The number of amides is 1. The fourth-order valence-corrected chi connectivity index (χ4v) is 3.43. The molecule has 11 heteroatoms. The monoisotopic (exact) mass is 408 g/mol. The molecule has 2 N–H and O–H groups in total. The second-order valence-corrected chi connectivity index (χ2v) is 6.65. The number of rotatable bonds is 4. The summed E-state index contributed by atoms with van der Waals surface area (Å²) < 4.78 is 51.7. The average Bonchev–Trinajstić information content (AvgIpc) is 3.33. The number of pyridine rings is 1. The van der Waals surface area contributed by atoms with Crippen molar-refractivity contribution in [1.29, 1.82) is 0 Å². The summed E-state index contributed by atoms with van der Waals surface area (Å²) in [7, 11) is 0. The molecule has 0 aromatic carbocycles. The molecule has 0 aliphatic carbocycles. The van der Waals surface area contributed by atoms with Crippen molar-refractivity contribution in [2.75, 3.05) is 18.0 Å². The van der Waals surface area contributed by atoms with E-state index in [0.717, 1.165) is 11.6 Å². The third-order valence-electron chi connectivity index (χ3n) is 4.71. The molecule has 1 fully saturated rings. The van der Waals surface area contributed by atoms with Crippen LogP contribution in [0.1, 0.15) is 12.8 Å². The van der Waals surface area contributed by atoms with Gasteiger partial charge in [-0.25, -0.2) is 19.3 Å². The summed E-state index contributed by atoms with van der Waals surface area (Å²) in [6.45, 7) is -1.14. The van der Waals surface area contributed by atoms with Gasteiger partial charge in [-0.2, -0.15) is 13.2 Å². The minimum atomic E-state index is -4.52. The Balaban J connectivity index is 1.64. The van der Waals surface area contributed by atoms with Gasteiger partial charge in [-0.05, 0) is 25.0 Å². The quantitative estimate of drug-likeness (QED) is 0.649. The first-order valence-corrected chi connectivity index (χ1v) is 8.89. The molecule has 152 valence electrons. The van der Waals surface area contributed by atoms with Gasteiger partial charge in [0.15, 0.2) is 17.5 Å². The minimum absolute atomic E-state index is 0.113. The van der Waals surface area contributed by atoms with Crippen LogP contribution in [0.4, 0.5) is 23.4 Å². The van der Waals surface area contributed by atoms with Crippen molar-refractivity contribution in [1.82, 2.24) is 25.3 Å². The van der Waals surface area contributed by atoms with Gasteiger partial charge in [-0.3, -0.25) is 4.79 Å². The molecular weight excluding hydrogens is 392 g/mol. The maximum absolute atomic E-state index is 14.5. The number of hydrogen-bond donors (Lipinski definition) is 2. The van der Waals surface area contributed by atoms with Crippen LogP contribution in [-0.4, -0.2) is 51.2 Å². The van der Waals surface area contributed by atoms with Gasteiger partial charge < -0.3 is 15.2 Å². The van der Waals surface area contributed by atoms with Crippen molar-refractivity contribution in [3.05, 3.63) is 36.5 Å². The molecule has 1 aliphatic rings. The van der Waals surface area contributed by atoms with Crippen molar-refractivity contribution in [2.45, 2.75) is 25.1 Å². The number of aromatic nitrogens is 4. The van der Waals surface area contributed by atoms with E-state index in [0.29, 0.717) is 30.6 Å². The smallest absolute Gasteiger partial charge is 0.345 e. The fraction of sp³-hybridized carbons (Fsp3) is 0.333. The predicted molar refractivity (Wildman–Crippen MR) is 96.5 cm³/mol. The van der Waals surface area contributed by atoms with E-state index in [2.05, 4.69) is 19.9 Å². The first kappa shape index (κ1) is 19.1. The van der Waals surface area contributed by atoms with Gasteiger partial charge in [0.05, 0.1) is 6.20 Å². The molecule has 1 amide bonds. The van der Waals surface area contributed by atoms with E-state index in [1.54, 1.807) is 18.5 Å². The summed E-state index contributed by atoms with van der Waals surface area (Å²) in [6, 6.07) is 2.62. The van der Waals surface area contributed by atoms with E-state index >= 15 is 0 Å². The van der Waals surface area contributed by atoms with Crippen LogP contribution in [0.2, 0.25) is 0 Å². The highest BCUT2D eigenvalue weighted by molar-refractivity contribution is 5.91. The predicted octanol–water partition coefficient (Wildman–Crippen LogP) is 2.81. The van der Waals surface area contributed by atoms with E-state index in [9.17, 15) is 22.4 Å². The van der Waals surface area contributed by atoms with Gasteiger partial charge in [-0.1, -0.05) is 0 Å². The normalized spacial score (nSPS) is 17.1. The molecule has 7 nitrogen and oxygen atoms in total. The van der Waals surface area contributed by atoms with Gasteiger partial charge in [-0.15, -0.1) is 0 Å². The Bertz CT molecular complexity index is 1050. The minimum Gasteiger partial charge on any atom is -0.345 e. The molecule has 1 aliphatic heterocycles. The maximum atomic E-state index is 14.5. The number of nitrogens with zero attached hydrogens (tertiary/aromatic N) is 4. The van der Waals surface area contributed by atoms with Crippen LogP contribution in [0, 0.1) is 5.82 Å². The van der Waals surface area contributed by atoms with Crippen LogP contribution in [0.15, 0.2) is 30.7 Å². The molecule has 4 heterocycles. The van der Waals surface area contributed by atoms with Crippen molar-refractivity contribution in [3.8, 4) is 11.4 Å².